The van der Waals surface area contributed by atoms with E-state index in [-0.39, 0.29) is 5.75 Å². The molecule has 0 radical (unpaired) electrons. The number of methoxy groups -OCH3 is 2. The standard InChI is InChI=1S/C9H11BrO3/c1-5-6(12-2)4-7(13-3)9(11)8(5)10/h4,11H,1-3H3. The summed E-state index contributed by atoms with van der Waals surface area (Å²) in [6.07, 6.45) is 0. The lowest BCUT2D eigenvalue weighted by molar-refractivity contribution is 0.361. The Balaban J connectivity index is 3.36. The molecule has 13 heavy (non-hydrogen) atoms. The second-order valence-corrected chi connectivity index (χ2v) is 3.36. The topological polar surface area (TPSA) is 38.7 Å². The van der Waals surface area contributed by atoms with Crippen molar-refractivity contribution in [2.24, 2.45) is 0 Å². The summed E-state index contributed by atoms with van der Waals surface area (Å²) in [6, 6.07) is 1.65. The van der Waals surface area contributed by atoms with E-state index in [0.717, 1.165) is 5.56 Å². The zero-order valence-corrected chi connectivity index (χ0v) is 9.31. The zero-order valence-electron chi connectivity index (χ0n) is 7.72. The highest BCUT2D eigenvalue weighted by Gasteiger charge is 2.13. The van der Waals surface area contributed by atoms with Crippen LogP contribution in [0.4, 0.5) is 0 Å². The van der Waals surface area contributed by atoms with Gasteiger partial charge in [0.05, 0.1) is 18.7 Å². The summed E-state index contributed by atoms with van der Waals surface area (Å²) >= 11 is 3.25. The Kier molecular flexibility index (Phi) is 3.03. The smallest absolute Gasteiger partial charge is 0.172 e. The quantitative estimate of drug-likeness (QED) is 0.872. The number of benzene rings is 1. The monoisotopic (exact) mass is 246 g/mol. The summed E-state index contributed by atoms with van der Waals surface area (Å²) in [5, 5.41) is 9.57. The number of phenols is 1. The zero-order chi connectivity index (χ0) is 10.0. The SMILES string of the molecule is COc1cc(OC)c(O)c(Br)c1C. The lowest BCUT2D eigenvalue weighted by Crippen LogP contribution is -1.92. The third-order valence-electron chi connectivity index (χ3n) is 1.84. The molecule has 0 aliphatic heterocycles. The van der Waals surface area contributed by atoms with Crippen LogP contribution in [0.15, 0.2) is 10.5 Å². The molecule has 1 rings (SSSR count). The van der Waals surface area contributed by atoms with Crippen LogP contribution in [0.1, 0.15) is 5.56 Å². The summed E-state index contributed by atoms with van der Waals surface area (Å²) in [7, 11) is 3.07. The minimum Gasteiger partial charge on any atom is -0.503 e. The molecule has 3 nitrogen and oxygen atoms in total. The molecule has 0 atom stereocenters. The van der Waals surface area contributed by atoms with Crippen LogP contribution in [-0.4, -0.2) is 19.3 Å². The van der Waals surface area contributed by atoms with Gasteiger partial charge in [-0.1, -0.05) is 0 Å². The van der Waals surface area contributed by atoms with E-state index in [1.807, 2.05) is 6.92 Å². The van der Waals surface area contributed by atoms with E-state index in [1.165, 1.54) is 7.11 Å². The van der Waals surface area contributed by atoms with Gasteiger partial charge in [-0.25, -0.2) is 0 Å². The molecule has 1 N–H and O–H groups in total. The molecule has 0 amide bonds. The van der Waals surface area contributed by atoms with Crippen molar-refractivity contribution in [2.75, 3.05) is 14.2 Å². The fraction of sp³-hybridized carbons (Fsp3) is 0.333. The molecule has 1 aromatic carbocycles. The Labute approximate surface area is 85.4 Å². The maximum Gasteiger partial charge on any atom is 0.172 e. The van der Waals surface area contributed by atoms with Gasteiger partial charge in [-0.15, -0.1) is 0 Å². The van der Waals surface area contributed by atoms with Gasteiger partial charge >= 0.3 is 0 Å². The molecule has 0 spiro atoms. The molecule has 0 aliphatic rings. The lowest BCUT2D eigenvalue weighted by atomic mass is 10.2. The van der Waals surface area contributed by atoms with Crippen LogP contribution in [0.25, 0.3) is 0 Å². The van der Waals surface area contributed by atoms with E-state index < -0.39 is 0 Å². The Morgan fingerprint density at radius 2 is 1.77 bits per heavy atom. The van der Waals surface area contributed by atoms with Crippen molar-refractivity contribution in [3.8, 4) is 17.2 Å². The number of ether oxygens (including phenoxy) is 2. The van der Waals surface area contributed by atoms with Crippen molar-refractivity contribution in [3.63, 3.8) is 0 Å². The number of aromatic hydroxyl groups is 1. The van der Waals surface area contributed by atoms with Crippen LogP contribution in [0.2, 0.25) is 0 Å². The predicted octanol–water partition coefficient (Wildman–Crippen LogP) is 2.48. The molecule has 0 aromatic heterocycles. The van der Waals surface area contributed by atoms with E-state index in [4.69, 9.17) is 9.47 Å². The molecular formula is C9H11BrO3. The summed E-state index contributed by atoms with van der Waals surface area (Å²) in [5.74, 6) is 1.18. The predicted molar refractivity (Wildman–Crippen MR) is 53.6 cm³/mol. The Hall–Kier alpha value is -0.900. The van der Waals surface area contributed by atoms with Crippen molar-refractivity contribution >= 4 is 15.9 Å². The average molecular weight is 247 g/mol. The Morgan fingerprint density at radius 1 is 1.23 bits per heavy atom. The van der Waals surface area contributed by atoms with Crippen molar-refractivity contribution in [1.82, 2.24) is 0 Å². The van der Waals surface area contributed by atoms with Gasteiger partial charge in [0.1, 0.15) is 5.75 Å². The number of halogens is 1. The van der Waals surface area contributed by atoms with E-state index in [0.29, 0.717) is 16.0 Å². The van der Waals surface area contributed by atoms with Crippen LogP contribution in [0.5, 0.6) is 17.2 Å². The minimum absolute atomic E-state index is 0.0980. The first kappa shape index (κ1) is 10.2. The number of hydrogen-bond donors (Lipinski definition) is 1. The second kappa shape index (κ2) is 3.87. The minimum atomic E-state index is 0.0980. The van der Waals surface area contributed by atoms with Gasteiger partial charge in [-0.05, 0) is 22.9 Å². The van der Waals surface area contributed by atoms with Crippen LogP contribution >= 0.6 is 15.9 Å². The highest BCUT2D eigenvalue weighted by molar-refractivity contribution is 9.10. The summed E-state index contributed by atoms with van der Waals surface area (Å²) < 4.78 is 10.7. The molecular weight excluding hydrogens is 236 g/mol. The molecule has 72 valence electrons. The first-order chi connectivity index (χ1) is 6.11. The average Bonchev–Trinajstić information content (AvgIpc) is 2.15. The molecule has 0 saturated heterocycles. The normalized spacial score (nSPS) is 9.85. The van der Waals surface area contributed by atoms with Gasteiger partial charge in [0.15, 0.2) is 11.5 Å². The molecule has 0 unspecified atom stereocenters. The van der Waals surface area contributed by atoms with Gasteiger partial charge in [0.25, 0.3) is 0 Å². The van der Waals surface area contributed by atoms with Crippen LogP contribution in [-0.2, 0) is 0 Å². The molecule has 4 heteroatoms. The fourth-order valence-electron chi connectivity index (χ4n) is 1.06. The van der Waals surface area contributed by atoms with Crippen molar-refractivity contribution < 1.29 is 14.6 Å². The van der Waals surface area contributed by atoms with Crippen LogP contribution < -0.4 is 9.47 Å². The van der Waals surface area contributed by atoms with E-state index >= 15 is 0 Å². The first-order valence-corrected chi connectivity index (χ1v) is 4.51. The van der Waals surface area contributed by atoms with Gasteiger partial charge in [0, 0.05) is 11.6 Å². The largest absolute Gasteiger partial charge is 0.503 e. The molecule has 0 fully saturated rings. The summed E-state index contributed by atoms with van der Waals surface area (Å²) in [6.45, 7) is 1.85. The molecule has 0 aliphatic carbocycles. The highest BCUT2D eigenvalue weighted by Crippen LogP contribution is 2.41. The first-order valence-electron chi connectivity index (χ1n) is 3.71. The Morgan fingerprint density at radius 3 is 2.23 bits per heavy atom. The summed E-state index contributed by atoms with van der Waals surface area (Å²) in [4.78, 5) is 0. The maximum atomic E-state index is 9.57. The third kappa shape index (κ3) is 1.72. The van der Waals surface area contributed by atoms with Gasteiger partial charge in [-0.3, -0.25) is 0 Å². The van der Waals surface area contributed by atoms with Gasteiger partial charge < -0.3 is 14.6 Å². The fourth-order valence-corrected chi connectivity index (χ4v) is 1.45. The van der Waals surface area contributed by atoms with Crippen molar-refractivity contribution in [3.05, 3.63) is 16.1 Å². The van der Waals surface area contributed by atoms with Crippen LogP contribution in [0, 0.1) is 6.92 Å². The lowest BCUT2D eigenvalue weighted by Gasteiger charge is -2.11. The van der Waals surface area contributed by atoms with Gasteiger partial charge in [-0.2, -0.15) is 0 Å². The highest BCUT2D eigenvalue weighted by atomic mass is 79.9. The Bertz CT molecular complexity index is 295. The number of phenolic OH excluding ortho intramolecular Hbond substituents is 1. The number of rotatable bonds is 2. The van der Waals surface area contributed by atoms with E-state index in [1.54, 1.807) is 13.2 Å². The van der Waals surface area contributed by atoms with Crippen molar-refractivity contribution in [1.29, 1.82) is 0 Å². The third-order valence-corrected chi connectivity index (χ3v) is 2.81. The molecule has 0 bridgehead atoms. The molecule has 1 aromatic rings. The van der Waals surface area contributed by atoms with Crippen LogP contribution in [0.3, 0.4) is 0 Å². The van der Waals surface area contributed by atoms with E-state index in [2.05, 4.69) is 15.9 Å². The van der Waals surface area contributed by atoms with Gasteiger partial charge in [0.2, 0.25) is 0 Å². The molecule has 0 saturated carbocycles. The maximum absolute atomic E-state index is 9.57. The van der Waals surface area contributed by atoms with Crippen molar-refractivity contribution in [2.45, 2.75) is 6.92 Å². The van der Waals surface area contributed by atoms with E-state index in [9.17, 15) is 5.11 Å². The number of hydrogen-bond acceptors (Lipinski definition) is 3. The molecule has 0 heterocycles. The summed E-state index contributed by atoms with van der Waals surface area (Å²) in [5.41, 5.74) is 0.848. The second-order valence-electron chi connectivity index (χ2n) is 2.57.